The largest absolute Gasteiger partial charge is 0.459 e. The minimum Gasteiger partial charge on any atom is -0.459 e. The Labute approximate surface area is 101 Å². The van der Waals surface area contributed by atoms with Gasteiger partial charge in [0.1, 0.15) is 5.56 Å². The van der Waals surface area contributed by atoms with Crippen molar-refractivity contribution in [3.63, 3.8) is 0 Å². The molecule has 0 amide bonds. The van der Waals surface area contributed by atoms with E-state index in [4.69, 9.17) is 10.5 Å². The van der Waals surface area contributed by atoms with Gasteiger partial charge in [0.15, 0.2) is 0 Å². The van der Waals surface area contributed by atoms with E-state index in [0.717, 1.165) is 25.1 Å². The Morgan fingerprint density at radius 3 is 3.12 bits per heavy atom. The van der Waals surface area contributed by atoms with Gasteiger partial charge in [-0.1, -0.05) is 0 Å². The first-order valence-corrected chi connectivity index (χ1v) is 6.10. The molecule has 0 radical (unpaired) electrons. The first-order chi connectivity index (χ1) is 8.13. The van der Waals surface area contributed by atoms with Crippen LogP contribution in [-0.4, -0.2) is 28.4 Å². The Bertz CT molecular complexity index is 412. The summed E-state index contributed by atoms with van der Waals surface area (Å²) in [5.74, 6) is -0.0671. The van der Waals surface area contributed by atoms with Crippen LogP contribution in [-0.2, 0) is 11.3 Å². The van der Waals surface area contributed by atoms with Crippen molar-refractivity contribution in [2.45, 2.75) is 45.3 Å². The number of nitrogens with two attached hydrogens (primary N) is 1. The van der Waals surface area contributed by atoms with E-state index >= 15 is 0 Å². The number of ether oxygens (including phenoxy) is 1. The third-order valence-corrected chi connectivity index (χ3v) is 3.04. The van der Waals surface area contributed by atoms with Crippen molar-refractivity contribution in [3.05, 3.63) is 17.5 Å². The number of rotatable bonds is 3. The molecule has 2 N–H and O–H groups in total. The fourth-order valence-electron chi connectivity index (χ4n) is 2.29. The molecule has 5 heteroatoms. The zero-order valence-corrected chi connectivity index (χ0v) is 10.3. The van der Waals surface area contributed by atoms with Gasteiger partial charge in [0.05, 0.1) is 18.0 Å². The summed E-state index contributed by atoms with van der Waals surface area (Å²) in [4.78, 5) is 11.9. The molecule has 0 spiro atoms. The van der Waals surface area contributed by atoms with Crippen LogP contribution >= 0.6 is 0 Å². The van der Waals surface area contributed by atoms with Crippen LogP contribution < -0.4 is 5.73 Å². The lowest BCUT2D eigenvalue weighted by atomic mass is 9.93. The summed E-state index contributed by atoms with van der Waals surface area (Å²) in [6.07, 6.45) is 3.57. The van der Waals surface area contributed by atoms with Crippen LogP contribution in [0.5, 0.6) is 0 Å². The van der Waals surface area contributed by atoms with E-state index in [-0.39, 0.29) is 18.0 Å². The number of hydrogen-bond acceptors (Lipinski definition) is 4. The lowest BCUT2D eigenvalue weighted by molar-refractivity contribution is 0.0375. The number of nitrogens with zero attached hydrogens (tertiary/aromatic N) is 2. The fourth-order valence-corrected chi connectivity index (χ4v) is 2.29. The van der Waals surface area contributed by atoms with Crippen molar-refractivity contribution in [2.24, 2.45) is 5.73 Å². The van der Waals surface area contributed by atoms with E-state index in [1.807, 2.05) is 18.5 Å². The van der Waals surface area contributed by atoms with Gasteiger partial charge in [0.25, 0.3) is 0 Å². The molecular weight excluding hydrogens is 218 g/mol. The second-order valence-corrected chi connectivity index (χ2v) is 4.70. The minimum absolute atomic E-state index is 0.113. The molecule has 0 aliphatic carbocycles. The second kappa shape index (κ2) is 4.87. The molecule has 1 aliphatic rings. The third kappa shape index (κ3) is 2.34. The quantitative estimate of drug-likeness (QED) is 0.804. The molecule has 1 aromatic heterocycles. The SMILES string of the molecule is CC(C)OC(=O)c1cnn2c1[C@H](CN)CCC2. The minimum atomic E-state index is -0.290. The number of aromatic nitrogens is 2. The average Bonchev–Trinajstić information content (AvgIpc) is 2.71. The van der Waals surface area contributed by atoms with Crippen LogP contribution in [0.25, 0.3) is 0 Å². The molecule has 0 saturated heterocycles. The fraction of sp³-hybridized carbons (Fsp3) is 0.667. The van der Waals surface area contributed by atoms with Crippen molar-refractivity contribution in [1.29, 1.82) is 0 Å². The molecule has 0 bridgehead atoms. The van der Waals surface area contributed by atoms with Crippen molar-refractivity contribution < 1.29 is 9.53 Å². The summed E-state index contributed by atoms with van der Waals surface area (Å²) in [5.41, 5.74) is 7.28. The number of esters is 1. The van der Waals surface area contributed by atoms with Crippen LogP contribution in [0.1, 0.15) is 48.7 Å². The zero-order chi connectivity index (χ0) is 12.4. The number of carbonyl (C=O) groups excluding carboxylic acids is 1. The summed E-state index contributed by atoms with van der Waals surface area (Å²) in [6.45, 7) is 5.09. The predicted octanol–water partition coefficient (Wildman–Crippen LogP) is 1.28. The zero-order valence-electron chi connectivity index (χ0n) is 10.3. The van der Waals surface area contributed by atoms with E-state index < -0.39 is 0 Å². The van der Waals surface area contributed by atoms with E-state index in [9.17, 15) is 4.79 Å². The number of hydrogen-bond donors (Lipinski definition) is 1. The smallest absolute Gasteiger partial charge is 0.341 e. The highest BCUT2D eigenvalue weighted by atomic mass is 16.5. The molecule has 1 aliphatic heterocycles. The Hall–Kier alpha value is -1.36. The Kier molecular flexibility index (Phi) is 3.47. The van der Waals surface area contributed by atoms with Gasteiger partial charge in [-0.15, -0.1) is 0 Å². The maximum Gasteiger partial charge on any atom is 0.341 e. The van der Waals surface area contributed by atoms with Gasteiger partial charge in [0.2, 0.25) is 0 Å². The molecule has 1 atom stereocenters. The van der Waals surface area contributed by atoms with Crippen LogP contribution in [0.3, 0.4) is 0 Å². The lowest BCUT2D eigenvalue weighted by Gasteiger charge is -2.23. The lowest BCUT2D eigenvalue weighted by Crippen LogP contribution is -2.25. The van der Waals surface area contributed by atoms with Gasteiger partial charge < -0.3 is 10.5 Å². The van der Waals surface area contributed by atoms with Crippen molar-refractivity contribution >= 4 is 5.97 Å². The van der Waals surface area contributed by atoms with Gasteiger partial charge in [-0.2, -0.15) is 5.10 Å². The van der Waals surface area contributed by atoms with Crippen molar-refractivity contribution in [3.8, 4) is 0 Å². The number of carbonyl (C=O) groups is 1. The highest BCUT2D eigenvalue weighted by Gasteiger charge is 2.27. The maximum absolute atomic E-state index is 11.9. The number of fused-ring (bicyclic) bond motifs is 1. The third-order valence-electron chi connectivity index (χ3n) is 3.04. The highest BCUT2D eigenvalue weighted by molar-refractivity contribution is 5.90. The topological polar surface area (TPSA) is 70.1 Å². The summed E-state index contributed by atoms with van der Waals surface area (Å²) < 4.78 is 7.11. The molecule has 5 nitrogen and oxygen atoms in total. The second-order valence-electron chi connectivity index (χ2n) is 4.70. The van der Waals surface area contributed by atoms with Gasteiger partial charge in [-0.05, 0) is 26.7 Å². The van der Waals surface area contributed by atoms with Crippen molar-refractivity contribution in [2.75, 3.05) is 6.54 Å². The molecule has 1 aromatic rings. The molecule has 0 fully saturated rings. The van der Waals surface area contributed by atoms with Crippen LogP contribution in [0.2, 0.25) is 0 Å². The normalized spacial score (nSPS) is 19.2. The van der Waals surface area contributed by atoms with Crippen LogP contribution in [0.15, 0.2) is 6.20 Å². The molecule has 17 heavy (non-hydrogen) atoms. The van der Waals surface area contributed by atoms with Gasteiger partial charge in [-0.25, -0.2) is 4.79 Å². The van der Waals surface area contributed by atoms with Gasteiger partial charge in [0, 0.05) is 19.0 Å². The Morgan fingerprint density at radius 1 is 1.71 bits per heavy atom. The van der Waals surface area contributed by atoms with E-state index in [1.54, 1.807) is 6.20 Å². The van der Waals surface area contributed by atoms with E-state index in [1.165, 1.54) is 0 Å². The van der Waals surface area contributed by atoms with Gasteiger partial charge in [-0.3, -0.25) is 4.68 Å². The predicted molar refractivity (Wildman–Crippen MR) is 63.8 cm³/mol. The standard InChI is InChI=1S/C12H19N3O2/c1-8(2)17-12(16)10-7-14-15-5-3-4-9(6-13)11(10)15/h7-9H,3-6,13H2,1-2H3/t9-/m0/s1. The molecule has 94 valence electrons. The highest BCUT2D eigenvalue weighted by Crippen LogP contribution is 2.29. The first-order valence-electron chi connectivity index (χ1n) is 6.10. The monoisotopic (exact) mass is 237 g/mol. The van der Waals surface area contributed by atoms with Crippen molar-refractivity contribution in [1.82, 2.24) is 9.78 Å². The summed E-state index contributed by atoms with van der Waals surface area (Å²) in [7, 11) is 0. The van der Waals surface area contributed by atoms with E-state index in [0.29, 0.717) is 12.1 Å². The van der Waals surface area contributed by atoms with Crippen LogP contribution in [0.4, 0.5) is 0 Å². The van der Waals surface area contributed by atoms with Crippen LogP contribution in [0, 0.1) is 0 Å². The molecule has 2 rings (SSSR count). The molecule has 0 unspecified atom stereocenters. The number of aryl methyl sites for hydroxylation is 1. The first kappa shape index (κ1) is 12.1. The molecular formula is C12H19N3O2. The maximum atomic E-state index is 11.9. The Morgan fingerprint density at radius 2 is 2.47 bits per heavy atom. The average molecular weight is 237 g/mol. The van der Waals surface area contributed by atoms with Gasteiger partial charge >= 0.3 is 5.97 Å². The molecule has 0 aromatic carbocycles. The molecule has 2 heterocycles. The summed E-state index contributed by atoms with van der Waals surface area (Å²) in [5, 5.41) is 4.24. The Balaban J connectivity index is 2.30. The summed E-state index contributed by atoms with van der Waals surface area (Å²) in [6, 6.07) is 0. The van der Waals surface area contributed by atoms with E-state index in [2.05, 4.69) is 5.10 Å². The summed E-state index contributed by atoms with van der Waals surface area (Å²) >= 11 is 0. The molecule has 0 saturated carbocycles.